The van der Waals surface area contributed by atoms with Gasteiger partial charge in [0.15, 0.2) is 8.24 Å². The van der Waals surface area contributed by atoms with Crippen LogP contribution < -0.4 is 20.7 Å². The number of benzene rings is 3. The molecule has 0 aliphatic rings. The van der Waals surface area contributed by atoms with Crippen molar-refractivity contribution in [2.75, 3.05) is 7.11 Å². The Hall–Kier alpha value is -2.09. The van der Waals surface area contributed by atoms with Crippen molar-refractivity contribution < 1.29 is 4.74 Å². The van der Waals surface area contributed by atoms with Crippen molar-refractivity contribution in [3.63, 3.8) is 0 Å². The van der Waals surface area contributed by atoms with Crippen LogP contribution in [0.4, 0.5) is 0 Å². The summed E-state index contributed by atoms with van der Waals surface area (Å²) in [5, 5.41) is 3.75. The fraction of sp³-hybridized carbons (Fsp3) is 0.182. The highest BCUT2D eigenvalue weighted by Gasteiger charge is 2.32. The summed E-state index contributed by atoms with van der Waals surface area (Å²) in [7, 11) is -2.18. The number of rotatable bonds is 5. The van der Waals surface area contributed by atoms with Gasteiger partial charge in [-0.2, -0.15) is 0 Å². The lowest BCUT2D eigenvalue weighted by molar-refractivity contribution is 0.418. The Morgan fingerprint density at radius 3 is 1.62 bits per heavy atom. The van der Waals surface area contributed by atoms with E-state index in [4.69, 9.17) is 9.15 Å². The Kier molecular flexibility index (Phi) is 5.50. The van der Waals surface area contributed by atoms with Crippen molar-refractivity contribution in [3.8, 4) is 5.75 Å². The van der Waals surface area contributed by atoms with Gasteiger partial charge in [-0.3, -0.25) is 0 Å². The van der Waals surface area contributed by atoms with Crippen molar-refractivity contribution >= 4 is 31.2 Å². The maximum absolute atomic E-state index is 5.79. The number of ether oxygens (including phenoxy) is 1. The van der Waals surface area contributed by atoms with Gasteiger partial charge < -0.3 is 9.15 Å². The normalized spacial score (nSPS) is 11.8. The molecule has 0 atom stereocenters. The molecule has 0 heterocycles. The highest BCUT2D eigenvalue weighted by atomic mass is 31.2. The first-order valence-corrected chi connectivity index (χ1v) is 14.0. The minimum atomic E-state index is -2.17. The predicted molar refractivity (Wildman–Crippen MR) is 117 cm³/mol. The summed E-state index contributed by atoms with van der Waals surface area (Å²) >= 11 is 0. The average Bonchev–Trinajstić information content (AvgIpc) is 2.67. The molecule has 0 amide bonds. The zero-order chi connectivity index (χ0) is 18.6. The summed E-state index contributed by atoms with van der Waals surface area (Å²) in [5.41, 5.74) is 0. The smallest absolute Gasteiger partial charge is 0.171 e. The van der Waals surface area contributed by atoms with E-state index in [1.165, 1.54) is 15.9 Å². The van der Waals surface area contributed by atoms with Crippen molar-refractivity contribution in [1.29, 1.82) is 0 Å². The van der Waals surface area contributed by atoms with Crippen molar-refractivity contribution in [1.82, 2.24) is 0 Å². The largest absolute Gasteiger partial charge is 0.496 e. The lowest BCUT2D eigenvalue weighted by atomic mass is 10.3. The summed E-state index contributed by atoms with van der Waals surface area (Å²) in [6.45, 7) is 6.93. The van der Waals surface area contributed by atoms with Crippen molar-refractivity contribution in [2.24, 2.45) is 4.41 Å². The van der Waals surface area contributed by atoms with E-state index in [1.807, 2.05) is 6.07 Å². The Labute approximate surface area is 158 Å². The Bertz CT molecular complexity index is 874. The molecule has 0 aliphatic heterocycles. The van der Waals surface area contributed by atoms with Crippen LogP contribution in [0.2, 0.25) is 19.6 Å². The van der Waals surface area contributed by atoms with Crippen LogP contribution >= 0.6 is 7.05 Å². The number of nitrogens with zero attached hydrogens (tertiary/aromatic N) is 1. The average molecular weight is 380 g/mol. The highest BCUT2D eigenvalue weighted by Crippen LogP contribution is 2.50. The van der Waals surface area contributed by atoms with Gasteiger partial charge in [-0.05, 0) is 22.7 Å². The van der Waals surface area contributed by atoms with Crippen molar-refractivity contribution in [3.05, 3.63) is 84.9 Å². The minimum absolute atomic E-state index is 0.913. The first kappa shape index (κ1) is 18.7. The quantitative estimate of drug-likeness (QED) is 0.451. The van der Waals surface area contributed by atoms with E-state index in [1.54, 1.807) is 7.11 Å². The lowest BCUT2D eigenvalue weighted by Crippen LogP contribution is -2.30. The van der Waals surface area contributed by atoms with Crippen LogP contribution in [0.5, 0.6) is 5.75 Å². The molecule has 0 N–H and O–H groups in total. The van der Waals surface area contributed by atoms with Crippen LogP contribution in [-0.4, -0.2) is 15.3 Å². The molecule has 134 valence electrons. The second kappa shape index (κ2) is 7.65. The van der Waals surface area contributed by atoms with Crippen LogP contribution in [0.1, 0.15) is 0 Å². The fourth-order valence-electron chi connectivity index (χ4n) is 3.23. The lowest BCUT2D eigenvalue weighted by Gasteiger charge is -2.31. The monoisotopic (exact) mass is 379 g/mol. The van der Waals surface area contributed by atoms with Gasteiger partial charge in [0, 0.05) is 12.4 Å². The first-order valence-electron chi connectivity index (χ1n) is 8.86. The van der Waals surface area contributed by atoms with E-state index in [0.717, 1.165) is 5.75 Å². The maximum Gasteiger partial charge on any atom is 0.171 e. The highest BCUT2D eigenvalue weighted by molar-refractivity contribution is 7.88. The number of hydrogen-bond acceptors (Lipinski definition) is 2. The molecule has 0 saturated carbocycles. The van der Waals surface area contributed by atoms with Gasteiger partial charge in [-0.1, -0.05) is 92.4 Å². The number of hydrogen-bond donors (Lipinski definition) is 0. The molecular formula is C22H26NOPSi. The Morgan fingerprint density at radius 1 is 0.692 bits per heavy atom. The molecule has 0 saturated heterocycles. The molecular weight excluding hydrogens is 353 g/mol. The van der Waals surface area contributed by atoms with Crippen LogP contribution in [0, 0.1) is 0 Å². The molecule has 0 unspecified atom stereocenters. The van der Waals surface area contributed by atoms with Crippen molar-refractivity contribution in [2.45, 2.75) is 19.6 Å². The summed E-state index contributed by atoms with van der Waals surface area (Å²) in [4.78, 5) is 0. The summed E-state index contributed by atoms with van der Waals surface area (Å²) in [6, 6.07) is 29.8. The van der Waals surface area contributed by atoms with Gasteiger partial charge in [0.25, 0.3) is 0 Å². The Morgan fingerprint density at radius 2 is 1.15 bits per heavy atom. The number of para-hydroxylation sites is 1. The molecule has 4 heteroatoms. The van der Waals surface area contributed by atoms with Gasteiger partial charge in [0.1, 0.15) is 5.75 Å². The van der Waals surface area contributed by atoms with Gasteiger partial charge in [-0.15, -0.1) is 0 Å². The summed E-state index contributed by atoms with van der Waals surface area (Å²) in [5.74, 6) is 0.913. The van der Waals surface area contributed by atoms with E-state index in [2.05, 4.69) is 98.5 Å². The Balaban J connectivity index is 2.51. The molecule has 0 aliphatic carbocycles. The second-order valence-corrected chi connectivity index (χ2v) is 15.2. The first-order chi connectivity index (χ1) is 12.5. The fourth-order valence-corrected chi connectivity index (χ4v) is 11.0. The molecule has 2 nitrogen and oxygen atoms in total. The molecule has 0 radical (unpaired) electrons. The second-order valence-electron chi connectivity index (χ2n) is 7.25. The molecule has 26 heavy (non-hydrogen) atoms. The van der Waals surface area contributed by atoms with Gasteiger partial charge >= 0.3 is 0 Å². The number of methoxy groups -OCH3 is 1. The molecule has 3 aromatic rings. The summed E-state index contributed by atoms with van der Waals surface area (Å²) < 4.78 is 11.4. The maximum atomic E-state index is 5.79. The zero-order valence-corrected chi connectivity index (χ0v) is 17.8. The predicted octanol–water partition coefficient (Wildman–Crippen LogP) is 5.01. The SMILES string of the molecule is COc1ccccc1P(=N[Si](C)(C)C)(c1ccccc1)c1ccccc1. The third-order valence-corrected chi connectivity index (χ3v) is 10.9. The van der Waals surface area contributed by atoms with Crippen LogP contribution in [0.25, 0.3) is 0 Å². The third kappa shape index (κ3) is 3.69. The molecule has 3 aromatic carbocycles. The minimum Gasteiger partial charge on any atom is -0.496 e. The van der Waals surface area contributed by atoms with Crippen LogP contribution in [-0.2, 0) is 0 Å². The molecule has 0 bridgehead atoms. The van der Waals surface area contributed by atoms with E-state index >= 15 is 0 Å². The molecule has 0 fully saturated rings. The van der Waals surface area contributed by atoms with E-state index in [0.29, 0.717) is 0 Å². The van der Waals surface area contributed by atoms with E-state index in [9.17, 15) is 0 Å². The molecule has 0 aromatic heterocycles. The van der Waals surface area contributed by atoms with E-state index in [-0.39, 0.29) is 0 Å². The van der Waals surface area contributed by atoms with Gasteiger partial charge in [0.05, 0.1) is 7.11 Å². The third-order valence-electron chi connectivity index (χ3n) is 4.14. The standard InChI is InChI=1S/C22H26NOPSi/c1-24-21-17-11-12-18-22(21)25(23-26(2,3)4,19-13-7-5-8-14-19)20-15-9-6-10-16-20/h5-18H,1-4H3. The van der Waals surface area contributed by atoms with E-state index < -0.39 is 15.3 Å². The van der Waals surface area contributed by atoms with Crippen LogP contribution in [0.15, 0.2) is 89.3 Å². The molecule has 0 spiro atoms. The molecule has 3 rings (SSSR count). The van der Waals surface area contributed by atoms with Gasteiger partial charge in [0.2, 0.25) is 0 Å². The summed E-state index contributed by atoms with van der Waals surface area (Å²) in [6.07, 6.45) is 0. The van der Waals surface area contributed by atoms with Gasteiger partial charge in [-0.25, -0.2) is 0 Å². The topological polar surface area (TPSA) is 21.6 Å². The zero-order valence-electron chi connectivity index (χ0n) is 15.9. The van der Waals surface area contributed by atoms with Crippen LogP contribution in [0.3, 0.4) is 0 Å².